The third-order valence-corrected chi connectivity index (χ3v) is 6.40. The van der Waals surface area contributed by atoms with Crippen molar-refractivity contribution in [3.63, 3.8) is 0 Å². The van der Waals surface area contributed by atoms with E-state index < -0.39 is 22.8 Å². The first-order valence-corrected chi connectivity index (χ1v) is 12.5. The lowest BCUT2D eigenvalue weighted by molar-refractivity contribution is -0.137. The number of nitrogens with zero attached hydrogens (tertiary/aromatic N) is 6. The van der Waals surface area contributed by atoms with E-state index in [1.165, 1.54) is 6.07 Å². The Morgan fingerprint density at radius 1 is 0.974 bits per heavy atom. The lowest BCUT2D eigenvalue weighted by Crippen LogP contribution is -2.45. The number of halogens is 4. The highest BCUT2D eigenvalue weighted by molar-refractivity contribution is 6.31. The van der Waals surface area contributed by atoms with Crippen LogP contribution in [0.2, 0.25) is 5.02 Å². The molecule has 3 N–H and O–H groups in total. The zero-order valence-corrected chi connectivity index (χ0v) is 22.7. The zero-order valence-electron chi connectivity index (χ0n) is 21.9. The Morgan fingerprint density at radius 2 is 1.62 bits per heavy atom. The summed E-state index contributed by atoms with van der Waals surface area (Å²) in [6, 6.07) is 7.60. The highest BCUT2D eigenvalue weighted by atomic mass is 35.5. The van der Waals surface area contributed by atoms with Crippen LogP contribution in [-0.2, 0) is 6.18 Å². The summed E-state index contributed by atoms with van der Waals surface area (Å²) in [5.41, 5.74) is 0.828. The van der Waals surface area contributed by atoms with Gasteiger partial charge in [0.05, 0.1) is 10.6 Å². The van der Waals surface area contributed by atoms with Crippen LogP contribution in [0.5, 0.6) is 0 Å². The molecule has 4 rings (SSSR count). The molecule has 0 spiro atoms. The minimum atomic E-state index is -4.64. The predicted molar refractivity (Wildman–Crippen MR) is 147 cm³/mol. The molecule has 2 heterocycles. The topological polar surface area (TPSA) is 102 Å². The number of likely N-dealkylation sites (N-methyl/N-ethyl adjacent to an activating group) is 1. The Bertz CT molecular complexity index is 1340. The molecule has 0 aliphatic carbocycles. The first-order valence-electron chi connectivity index (χ1n) is 12.1. The fourth-order valence-electron chi connectivity index (χ4n) is 3.83. The van der Waals surface area contributed by atoms with Gasteiger partial charge in [-0.1, -0.05) is 17.7 Å². The Hall–Kier alpha value is -3.84. The summed E-state index contributed by atoms with van der Waals surface area (Å²) in [6.07, 6.45) is -4.64. The molecule has 1 aromatic heterocycles. The molecule has 39 heavy (non-hydrogen) atoms. The summed E-state index contributed by atoms with van der Waals surface area (Å²) >= 11 is 5.66. The van der Waals surface area contributed by atoms with E-state index in [1.807, 2.05) is 21.0 Å². The van der Waals surface area contributed by atoms with Crippen LogP contribution in [0.1, 0.15) is 11.1 Å². The van der Waals surface area contributed by atoms with Gasteiger partial charge in [-0.3, -0.25) is 0 Å². The van der Waals surface area contributed by atoms with Gasteiger partial charge in [0.15, 0.2) is 0 Å². The van der Waals surface area contributed by atoms with E-state index >= 15 is 0 Å². The number of rotatable bonds is 6. The van der Waals surface area contributed by atoms with E-state index in [4.69, 9.17) is 11.6 Å². The minimum absolute atomic E-state index is 0.0486. The summed E-state index contributed by atoms with van der Waals surface area (Å²) < 4.78 is 39.4. The van der Waals surface area contributed by atoms with Gasteiger partial charge in [-0.15, -0.1) is 0 Å². The molecule has 2 amide bonds. The van der Waals surface area contributed by atoms with Gasteiger partial charge in [0.1, 0.15) is 0 Å². The molecule has 0 bridgehead atoms. The minimum Gasteiger partial charge on any atom is -0.347 e. The largest absolute Gasteiger partial charge is 0.417 e. The second-order valence-corrected chi connectivity index (χ2v) is 9.78. The van der Waals surface area contributed by atoms with Crippen LogP contribution in [-0.4, -0.2) is 73.2 Å². The molecular formula is C25H29ClF3N9O. The van der Waals surface area contributed by atoms with Crippen molar-refractivity contribution in [2.45, 2.75) is 13.1 Å². The van der Waals surface area contributed by atoms with Crippen molar-refractivity contribution >= 4 is 52.5 Å². The number of nitrogens with one attached hydrogen (secondary N) is 3. The van der Waals surface area contributed by atoms with Crippen LogP contribution in [0, 0.1) is 6.92 Å². The number of amides is 2. The fraction of sp³-hybridized carbons (Fsp3) is 0.360. The number of aromatic nitrogens is 3. The summed E-state index contributed by atoms with van der Waals surface area (Å²) in [7, 11) is 5.77. The number of urea groups is 1. The third kappa shape index (κ3) is 7.18. The van der Waals surface area contributed by atoms with Crippen LogP contribution in [0.15, 0.2) is 36.4 Å². The van der Waals surface area contributed by atoms with Gasteiger partial charge < -0.3 is 30.7 Å². The molecule has 0 saturated carbocycles. The normalized spacial score (nSPS) is 14.2. The highest BCUT2D eigenvalue weighted by Crippen LogP contribution is 2.36. The summed E-state index contributed by atoms with van der Waals surface area (Å²) in [5, 5.41) is 7.80. The molecule has 1 aliphatic rings. The molecule has 10 nitrogen and oxygen atoms in total. The standard InChI is InChI=1S/C25H29ClF3N9O/c1-15-5-6-17(31-24(39)30-16-7-8-19(26)18(13-16)25(27,28)29)14-20(15)32-21-33-22(36(2)3)35-23(34-21)38-11-9-37(4)10-12-38/h5-8,13-14H,9-12H2,1-4H3,(H2,30,31,39)(H,32,33,34,35). The van der Waals surface area contributed by atoms with E-state index in [0.29, 0.717) is 29.2 Å². The van der Waals surface area contributed by atoms with Gasteiger partial charge in [0.2, 0.25) is 17.8 Å². The lowest BCUT2D eigenvalue weighted by atomic mass is 10.2. The van der Waals surface area contributed by atoms with Crippen LogP contribution in [0.25, 0.3) is 0 Å². The number of anilines is 6. The number of hydrogen-bond donors (Lipinski definition) is 3. The predicted octanol–water partition coefficient (Wildman–Crippen LogP) is 5.06. The van der Waals surface area contributed by atoms with Crippen molar-refractivity contribution < 1.29 is 18.0 Å². The van der Waals surface area contributed by atoms with Crippen molar-refractivity contribution in [3.8, 4) is 0 Å². The number of aryl methyl sites for hydroxylation is 1. The molecule has 0 atom stereocenters. The molecule has 0 unspecified atom stereocenters. The summed E-state index contributed by atoms with van der Waals surface area (Å²) in [5.74, 6) is 1.40. The highest BCUT2D eigenvalue weighted by Gasteiger charge is 2.33. The van der Waals surface area contributed by atoms with Crippen molar-refractivity contribution in [3.05, 3.63) is 52.5 Å². The Labute approximate surface area is 229 Å². The molecule has 14 heteroatoms. The second-order valence-electron chi connectivity index (χ2n) is 9.37. The Morgan fingerprint density at radius 3 is 2.26 bits per heavy atom. The molecule has 208 valence electrons. The van der Waals surface area contributed by atoms with Crippen molar-refractivity contribution in [2.75, 3.05) is 73.1 Å². The molecule has 1 fully saturated rings. The molecule has 2 aromatic carbocycles. The SMILES string of the molecule is Cc1ccc(NC(=O)Nc2ccc(Cl)c(C(F)(F)F)c2)cc1Nc1nc(N(C)C)nc(N2CCN(C)CC2)n1. The maximum atomic E-state index is 13.1. The second kappa shape index (κ2) is 11.5. The smallest absolute Gasteiger partial charge is 0.347 e. The van der Waals surface area contributed by atoms with E-state index in [1.54, 1.807) is 23.1 Å². The third-order valence-electron chi connectivity index (χ3n) is 6.07. The van der Waals surface area contributed by atoms with Gasteiger partial charge in [-0.05, 0) is 49.9 Å². The number of benzene rings is 2. The molecular weight excluding hydrogens is 535 g/mol. The quantitative estimate of drug-likeness (QED) is 0.383. The van der Waals surface area contributed by atoms with Crippen molar-refractivity contribution in [1.29, 1.82) is 0 Å². The van der Waals surface area contributed by atoms with E-state index in [2.05, 4.69) is 47.7 Å². The van der Waals surface area contributed by atoms with Crippen LogP contribution in [0.4, 0.5) is 52.9 Å². The number of carbonyl (C=O) groups excluding carboxylic acids is 1. The average Bonchev–Trinajstić information content (AvgIpc) is 2.86. The van der Waals surface area contributed by atoms with E-state index in [-0.39, 0.29) is 5.69 Å². The number of alkyl halides is 3. The van der Waals surface area contributed by atoms with Gasteiger partial charge in [-0.25, -0.2) is 4.79 Å². The van der Waals surface area contributed by atoms with E-state index in [0.717, 1.165) is 43.9 Å². The number of piperazine rings is 1. The molecule has 1 aliphatic heterocycles. The molecule has 1 saturated heterocycles. The first-order chi connectivity index (χ1) is 18.4. The molecule has 3 aromatic rings. The van der Waals surface area contributed by atoms with Crippen LogP contribution in [0.3, 0.4) is 0 Å². The fourth-order valence-corrected chi connectivity index (χ4v) is 4.05. The van der Waals surface area contributed by atoms with Crippen LogP contribution < -0.4 is 25.8 Å². The maximum Gasteiger partial charge on any atom is 0.417 e. The first kappa shape index (κ1) is 28.2. The number of carbonyl (C=O) groups is 1. The van der Waals surface area contributed by atoms with Crippen molar-refractivity contribution in [1.82, 2.24) is 19.9 Å². The van der Waals surface area contributed by atoms with Gasteiger partial charge in [0.25, 0.3) is 0 Å². The lowest BCUT2D eigenvalue weighted by Gasteiger charge is -2.32. The van der Waals surface area contributed by atoms with Crippen LogP contribution >= 0.6 is 11.6 Å². The average molecular weight is 564 g/mol. The summed E-state index contributed by atoms with van der Waals surface area (Å²) in [6.45, 7) is 5.26. The Balaban J connectivity index is 1.51. The van der Waals surface area contributed by atoms with Crippen molar-refractivity contribution in [2.24, 2.45) is 0 Å². The van der Waals surface area contributed by atoms with Gasteiger partial charge in [0, 0.05) is 57.3 Å². The number of hydrogen-bond acceptors (Lipinski definition) is 8. The maximum absolute atomic E-state index is 13.1. The van der Waals surface area contributed by atoms with Gasteiger partial charge in [-0.2, -0.15) is 28.1 Å². The summed E-state index contributed by atoms with van der Waals surface area (Å²) in [4.78, 5) is 32.4. The van der Waals surface area contributed by atoms with Gasteiger partial charge >= 0.3 is 12.2 Å². The zero-order chi connectivity index (χ0) is 28.3. The monoisotopic (exact) mass is 563 g/mol. The van der Waals surface area contributed by atoms with E-state index in [9.17, 15) is 18.0 Å². The molecule has 0 radical (unpaired) electrons. The Kier molecular flexibility index (Phi) is 8.31.